The molecule has 0 aliphatic carbocycles. The standard InChI is InChI=1S/C14H20N2O3/c1-10-9-19-11(2)8-16(10)13-6-4-12(5-7-13)15-14(17)18-3/h4-7,10-11H,8-9H2,1-3H3,(H,15,17). The Kier molecular flexibility index (Phi) is 4.27. The molecule has 2 rings (SSSR count). The van der Waals surface area contributed by atoms with Crippen molar-refractivity contribution in [3.63, 3.8) is 0 Å². The lowest BCUT2D eigenvalue weighted by molar-refractivity contribution is 0.0344. The molecule has 1 N–H and O–H groups in total. The molecule has 19 heavy (non-hydrogen) atoms. The highest BCUT2D eigenvalue weighted by Gasteiger charge is 2.23. The van der Waals surface area contributed by atoms with Crippen molar-refractivity contribution in [2.75, 3.05) is 30.5 Å². The molecule has 2 unspecified atom stereocenters. The topological polar surface area (TPSA) is 50.8 Å². The fourth-order valence-corrected chi connectivity index (χ4v) is 2.17. The van der Waals surface area contributed by atoms with E-state index in [-0.39, 0.29) is 6.10 Å². The first-order valence-electron chi connectivity index (χ1n) is 6.43. The molecule has 104 valence electrons. The van der Waals surface area contributed by atoms with Gasteiger partial charge in [0.15, 0.2) is 0 Å². The number of carbonyl (C=O) groups is 1. The van der Waals surface area contributed by atoms with Gasteiger partial charge in [-0.1, -0.05) is 0 Å². The van der Waals surface area contributed by atoms with Crippen LogP contribution in [-0.4, -0.2) is 38.5 Å². The molecular formula is C14H20N2O3. The lowest BCUT2D eigenvalue weighted by Gasteiger charge is -2.38. The van der Waals surface area contributed by atoms with Gasteiger partial charge in [-0.3, -0.25) is 5.32 Å². The molecule has 1 aliphatic rings. The van der Waals surface area contributed by atoms with Crippen LogP contribution >= 0.6 is 0 Å². The van der Waals surface area contributed by atoms with E-state index in [0.29, 0.717) is 6.04 Å². The second-order valence-corrected chi connectivity index (χ2v) is 4.81. The van der Waals surface area contributed by atoms with Crippen LogP contribution in [-0.2, 0) is 9.47 Å². The fraction of sp³-hybridized carbons (Fsp3) is 0.500. The number of benzene rings is 1. The number of hydrogen-bond donors (Lipinski definition) is 1. The third-order valence-electron chi connectivity index (χ3n) is 3.24. The molecule has 1 amide bonds. The summed E-state index contributed by atoms with van der Waals surface area (Å²) in [6.45, 7) is 5.84. The molecule has 0 bridgehead atoms. The van der Waals surface area contributed by atoms with Gasteiger partial charge in [0.05, 0.1) is 19.8 Å². The first-order chi connectivity index (χ1) is 9.10. The van der Waals surface area contributed by atoms with Crippen LogP contribution in [0.1, 0.15) is 13.8 Å². The van der Waals surface area contributed by atoms with Gasteiger partial charge in [0, 0.05) is 24.0 Å². The Balaban J connectivity index is 2.06. The minimum absolute atomic E-state index is 0.240. The van der Waals surface area contributed by atoms with E-state index in [1.807, 2.05) is 24.3 Å². The molecule has 0 aromatic heterocycles. The number of nitrogens with zero attached hydrogens (tertiary/aromatic N) is 1. The summed E-state index contributed by atoms with van der Waals surface area (Å²) in [7, 11) is 1.35. The molecule has 0 saturated carbocycles. The first kappa shape index (κ1) is 13.7. The maximum absolute atomic E-state index is 11.1. The van der Waals surface area contributed by atoms with Crippen LogP contribution in [0, 0.1) is 0 Å². The number of nitrogens with one attached hydrogen (secondary N) is 1. The minimum atomic E-state index is -0.457. The quantitative estimate of drug-likeness (QED) is 0.891. The summed E-state index contributed by atoms with van der Waals surface area (Å²) in [4.78, 5) is 13.4. The number of ether oxygens (including phenoxy) is 2. The molecule has 1 aromatic carbocycles. The van der Waals surface area contributed by atoms with Gasteiger partial charge in [0.2, 0.25) is 0 Å². The number of morpholine rings is 1. The molecule has 5 heteroatoms. The highest BCUT2D eigenvalue weighted by atomic mass is 16.5. The van der Waals surface area contributed by atoms with Crippen molar-refractivity contribution < 1.29 is 14.3 Å². The summed E-state index contributed by atoms with van der Waals surface area (Å²) in [6.07, 6.45) is -0.217. The fourth-order valence-electron chi connectivity index (χ4n) is 2.17. The highest BCUT2D eigenvalue weighted by Crippen LogP contribution is 2.23. The smallest absolute Gasteiger partial charge is 0.411 e. The zero-order chi connectivity index (χ0) is 13.8. The average molecular weight is 264 g/mol. The van der Waals surface area contributed by atoms with E-state index in [2.05, 4.69) is 28.8 Å². The first-order valence-corrected chi connectivity index (χ1v) is 6.43. The van der Waals surface area contributed by atoms with Crippen LogP contribution in [0.2, 0.25) is 0 Å². The van der Waals surface area contributed by atoms with Gasteiger partial charge in [-0.15, -0.1) is 0 Å². The number of carbonyl (C=O) groups excluding carboxylic acids is 1. The summed E-state index contributed by atoms with van der Waals surface area (Å²) >= 11 is 0. The second kappa shape index (κ2) is 5.93. The Hall–Kier alpha value is -1.75. The Bertz CT molecular complexity index is 433. The zero-order valence-electron chi connectivity index (χ0n) is 11.6. The van der Waals surface area contributed by atoms with E-state index < -0.39 is 6.09 Å². The number of anilines is 2. The van der Waals surface area contributed by atoms with E-state index >= 15 is 0 Å². The third kappa shape index (κ3) is 3.38. The summed E-state index contributed by atoms with van der Waals surface area (Å²) < 4.78 is 10.2. The van der Waals surface area contributed by atoms with Gasteiger partial charge in [0.25, 0.3) is 0 Å². The molecule has 2 atom stereocenters. The molecule has 0 spiro atoms. The molecule has 0 radical (unpaired) electrons. The maximum Gasteiger partial charge on any atom is 0.411 e. The number of methoxy groups -OCH3 is 1. The van der Waals surface area contributed by atoms with Crippen molar-refractivity contribution in [3.8, 4) is 0 Å². The summed E-state index contributed by atoms with van der Waals surface area (Å²) in [5.74, 6) is 0. The number of amides is 1. The SMILES string of the molecule is COC(=O)Nc1ccc(N2CC(C)OCC2C)cc1. The molecule has 1 saturated heterocycles. The van der Waals surface area contributed by atoms with Crippen molar-refractivity contribution in [1.29, 1.82) is 0 Å². The Morgan fingerprint density at radius 2 is 2.05 bits per heavy atom. The van der Waals surface area contributed by atoms with E-state index in [0.717, 1.165) is 24.5 Å². The van der Waals surface area contributed by atoms with Crippen molar-refractivity contribution in [2.24, 2.45) is 0 Å². The van der Waals surface area contributed by atoms with Crippen molar-refractivity contribution in [2.45, 2.75) is 26.0 Å². The lowest BCUT2D eigenvalue weighted by atomic mass is 10.1. The van der Waals surface area contributed by atoms with E-state index in [1.165, 1.54) is 7.11 Å². The molecule has 1 aromatic rings. The predicted molar refractivity (Wildman–Crippen MR) is 74.7 cm³/mol. The van der Waals surface area contributed by atoms with E-state index in [4.69, 9.17) is 4.74 Å². The molecule has 1 aliphatic heterocycles. The summed E-state index contributed by atoms with van der Waals surface area (Å²) in [6, 6.07) is 8.10. The van der Waals surface area contributed by atoms with E-state index in [9.17, 15) is 4.79 Å². The second-order valence-electron chi connectivity index (χ2n) is 4.81. The Morgan fingerprint density at radius 1 is 1.37 bits per heavy atom. The van der Waals surface area contributed by atoms with Gasteiger partial charge in [0.1, 0.15) is 0 Å². The van der Waals surface area contributed by atoms with Gasteiger partial charge in [-0.25, -0.2) is 4.79 Å². The number of rotatable bonds is 2. The van der Waals surface area contributed by atoms with Crippen molar-refractivity contribution in [1.82, 2.24) is 0 Å². The Morgan fingerprint density at radius 3 is 2.68 bits per heavy atom. The summed E-state index contributed by atoms with van der Waals surface area (Å²) in [5.41, 5.74) is 1.86. The van der Waals surface area contributed by atoms with Crippen LogP contribution in [0.5, 0.6) is 0 Å². The highest BCUT2D eigenvalue weighted by molar-refractivity contribution is 5.84. The lowest BCUT2D eigenvalue weighted by Crippen LogP contribution is -2.47. The number of hydrogen-bond acceptors (Lipinski definition) is 4. The molecule has 1 fully saturated rings. The van der Waals surface area contributed by atoms with Gasteiger partial charge < -0.3 is 14.4 Å². The summed E-state index contributed by atoms with van der Waals surface area (Å²) in [5, 5.41) is 2.64. The predicted octanol–water partition coefficient (Wildman–Crippen LogP) is 2.48. The van der Waals surface area contributed by atoms with Gasteiger partial charge in [-0.05, 0) is 38.1 Å². The van der Waals surface area contributed by atoms with Crippen LogP contribution in [0.3, 0.4) is 0 Å². The van der Waals surface area contributed by atoms with Crippen molar-refractivity contribution >= 4 is 17.5 Å². The molecule has 1 heterocycles. The molecular weight excluding hydrogens is 244 g/mol. The monoisotopic (exact) mass is 264 g/mol. The Labute approximate surface area is 113 Å². The van der Waals surface area contributed by atoms with Crippen molar-refractivity contribution in [3.05, 3.63) is 24.3 Å². The van der Waals surface area contributed by atoms with Crippen LogP contribution in [0.4, 0.5) is 16.2 Å². The van der Waals surface area contributed by atoms with Crippen LogP contribution < -0.4 is 10.2 Å². The van der Waals surface area contributed by atoms with Crippen LogP contribution in [0.15, 0.2) is 24.3 Å². The van der Waals surface area contributed by atoms with Crippen LogP contribution in [0.25, 0.3) is 0 Å². The third-order valence-corrected chi connectivity index (χ3v) is 3.24. The molecule has 5 nitrogen and oxygen atoms in total. The zero-order valence-corrected chi connectivity index (χ0v) is 11.6. The largest absolute Gasteiger partial charge is 0.453 e. The normalized spacial score (nSPS) is 23.0. The van der Waals surface area contributed by atoms with E-state index in [1.54, 1.807) is 0 Å². The maximum atomic E-state index is 11.1. The average Bonchev–Trinajstić information content (AvgIpc) is 2.42. The van der Waals surface area contributed by atoms with Gasteiger partial charge in [-0.2, -0.15) is 0 Å². The van der Waals surface area contributed by atoms with Gasteiger partial charge >= 0.3 is 6.09 Å². The minimum Gasteiger partial charge on any atom is -0.453 e.